The number of aliphatic hydroxyl groups is 1. The topological polar surface area (TPSA) is 110 Å². The van der Waals surface area contributed by atoms with E-state index >= 15 is 0 Å². The van der Waals surface area contributed by atoms with Gasteiger partial charge in [-0.05, 0) is 24.3 Å². The van der Waals surface area contributed by atoms with Crippen LogP contribution >= 0.6 is 0 Å². The Labute approximate surface area is 151 Å². The molecule has 0 aromatic rings. The van der Waals surface area contributed by atoms with Gasteiger partial charge in [0.2, 0.25) is 0 Å². The van der Waals surface area contributed by atoms with Crippen LogP contribution in [-0.4, -0.2) is 46.4 Å². The number of rotatable bonds is 3. The summed E-state index contributed by atoms with van der Waals surface area (Å²) in [5, 5.41) is 20.0. The van der Waals surface area contributed by atoms with Crippen molar-refractivity contribution >= 4 is 17.9 Å². The molecular weight excluding hydrogens is 340 g/mol. The summed E-state index contributed by atoms with van der Waals surface area (Å²) < 4.78 is 10.7. The van der Waals surface area contributed by atoms with Crippen molar-refractivity contribution in [2.45, 2.75) is 51.7 Å². The summed E-state index contributed by atoms with van der Waals surface area (Å²) in [7, 11) is 0. The van der Waals surface area contributed by atoms with E-state index in [0.717, 1.165) is 25.0 Å². The highest BCUT2D eigenvalue weighted by atomic mass is 16.6. The van der Waals surface area contributed by atoms with E-state index in [1.165, 1.54) is 0 Å². The Bertz CT molecular complexity index is 719. The molecule has 0 amide bonds. The highest BCUT2D eigenvalue weighted by molar-refractivity contribution is 5.91. The first-order valence-electron chi connectivity index (χ1n) is 8.75. The Balaban J connectivity index is 2.04. The minimum atomic E-state index is -1.71. The molecule has 1 saturated heterocycles. The summed E-state index contributed by atoms with van der Waals surface area (Å²) in [4.78, 5) is 35.1. The van der Waals surface area contributed by atoms with Crippen LogP contribution in [0.5, 0.6) is 0 Å². The fraction of sp³-hybridized carbons (Fsp3) is 0.632. The molecule has 142 valence electrons. The molecule has 3 aliphatic rings. The molecule has 7 heteroatoms. The Kier molecular flexibility index (Phi) is 4.26. The van der Waals surface area contributed by atoms with E-state index < -0.39 is 35.0 Å². The van der Waals surface area contributed by atoms with Gasteiger partial charge < -0.3 is 19.7 Å². The number of esters is 2. The first-order valence-corrected chi connectivity index (χ1v) is 8.75. The van der Waals surface area contributed by atoms with Crippen LogP contribution in [0.1, 0.15) is 40.0 Å². The van der Waals surface area contributed by atoms with Gasteiger partial charge in [0.25, 0.3) is 0 Å². The predicted molar refractivity (Wildman–Crippen MR) is 89.9 cm³/mol. The third-order valence-corrected chi connectivity index (χ3v) is 6.30. The number of carbonyl (C=O) groups is 3. The molecule has 0 aromatic carbocycles. The Hall–Kier alpha value is -2.15. The van der Waals surface area contributed by atoms with Crippen LogP contribution in [0, 0.1) is 16.7 Å². The molecule has 4 unspecified atom stereocenters. The molecule has 1 saturated carbocycles. The van der Waals surface area contributed by atoms with Crippen molar-refractivity contribution in [1.82, 2.24) is 0 Å². The minimum absolute atomic E-state index is 0.0307. The number of fused-ring (bicyclic) bond motifs is 3. The average Bonchev–Trinajstić information content (AvgIpc) is 2.82. The smallest absolute Gasteiger partial charge is 0.343 e. The van der Waals surface area contributed by atoms with Crippen molar-refractivity contribution in [1.29, 1.82) is 0 Å². The van der Waals surface area contributed by atoms with Gasteiger partial charge in [0.05, 0.1) is 0 Å². The van der Waals surface area contributed by atoms with E-state index in [4.69, 9.17) is 14.6 Å². The summed E-state index contributed by atoms with van der Waals surface area (Å²) in [5.41, 5.74) is -2.43. The van der Waals surface area contributed by atoms with Gasteiger partial charge in [0.15, 0.2) is 5.60 Å². The maximum Gasteiger partial charge on any atom is 0.343 e. The second-order valence-corrected chi connectivity index (χ2v) is 8.29. The van der Waals surface area contributed by atoms with Crippen molar-refractivity contribution in [3.05, 3.63) is 23.8 Å². The number of carboxylic acid groups (broad SMARTS) is 1. The van der Waals surface area contributed by atoms with Crippen LogP contribution in [0.3, 0.4) is 0 Å². The van der Waals surface area contributed by atoms with Crippen LogP contribution in [0.15, 0.2) is 23.8 Å². The van der Waals surface area contributed by atoms with Crippen molar-refractivity contribution in [3.8, 4) is 0 Å². The van der Waals surface area contributed by atoms with E-state index in [-0.39, 0.29) is 17.9 Å². The molecule has 0 radical (unpaired) electrons. The molecule has 3 rings (SSSR count). The van der Waals surface area contributed by atoms with Gasteiger partial charge in [-0.2, -0.15) is 0 Å². The highest BCUT2D eigenvalue weighted by Gasteiger charge is 2.69. The van der Waals surface area contributed by atoms with Gasteiger partial charge >= 0.3 is 17.9 Å². The van der Waals surface area contributed by atoms with E-state index in [1.54, 1.807) is 6.08 Å². The predicted octanol–water partition coefficient (Wildman–Crippen LogP) is 1.60. The number of cyclic esters (lactones) is 1. The Morgan fingerprint density at radius 3 is 2.62 bits per heavy atom. The zero-order valence-electron chi connectivity index (χ0n) is 15.2. The van der Waals surface area contributed by atoms with E-state index in [9.17, 15) is 19.5 Å². The molecule has 26 heavy (non-hydrogen) atoms. The molecule has 0 aromatic heterocycles. The van der Waals surface area contributed by atoms with Crippen LogP contribution in [0.2, 0.25) is 0 Å². The molecular formula is C19H24O7. The third kappa shape index (κ3) is 2.57. The van der Waals surface area contributed by atoms with Crippen LogP contribution in [-0.2, 0) is 23.9 Å². The summed E-state index contributed by atoms with van der Waals surface area (Å²) in [5.74, 6) is -2.97. The van der Waals surface area contributed by atoms with Crippen molar-refractivity contribution in [2.75, 3.05) is 6.61 Å². The molecule has 0 spiro atoms. The highest BCUT2D eigenvalue weighted by Crippen LogP contribution is 2.63. The van der Waals surface area contributed by atoms with Gasteiger partial charge in [0.1, 0.15) is 12.7 Å². The minimum Gasteiger partial charge on any atom is -0.478 e. The van der Waals surface area contributed by atoms with E-state index in [2.05, 4.69) is 0 Å². The number of aliphatic carboxylic acids is 1. The number of carbonyl (C=O) groups excluding carboxylic acids is 2. The maximum absolute atomic E-state index is 12.4. The first kappa shape index (κ1) is 18.6. The summed E-state index contributed by atoms with van der Waals surface area (Å²) in [6, 6.07) is 0. The lowest BCUT2D eigenvalue weighted by Gasteiger charge is -2.59. The second kappa shape index (κ2) is 5.94. The number of carboxylic acids is 1. The fourth-order valence-electron chi connectivity index (χ4n) is 5.26. The van der Waals surface area contributed by atoms with Gasteiger partial charge in [-0.25, -0.2) is 14.4 Å². The maximum atomic E-state index is 12.4. The Morgan fingerprint density at radius 1 is 1.27 bits per heavy atom. The quantitative estimate of drug-likeness (QED) is 0.444. The lowest BCUT2D eigenvalue weighted by Crippen LogP contribution is -2.65. The van der Waals surface area contributed by atoms with Crippen LogP contribution in [0.25, 0.3) is 0 Å². The summed E-state index contributed by atoms with van der Waals surface area (Å²) in [6.45, 7) is 5.89. The fourth-order valence-corrected chi connectivity index (χ4v) is 5.26. The van der Waals surface area contributed by atoms with E-state index in [0.29, 0.717) is 12.0 Å². The van der Waals surface area contributed by atoms with Crippen LogP contribution < -0.4 is 0 Å². The number of hydrogen-bond donors (Lipinski definition) is 2. The lowest BCUT2D eigenvalue weighted by molar-refractivity contribution is -0.194. The van der Waals surface area contributed by atoms with Crippen molar-refractivity contribution < 1.29 is 34.1 Å². The molecule has 1 heterocycles. The molecule has 2 fully saturated rings. The summed E-state index contributed by atoms with van der Waals surface area (Å²) in [6.07, 6.45) is 4.82. The molecule has 4 atom stereocenters. The van der Waals surface area contributed by atoms with Gasteiger partial charge in [0, 0.05) is 29.1 Å². The SMILES string of the molecule is CC1(C)CCCC2(C)C1C(OC(=O)C=CC(=O)O)C=C1COC(=O)C12O. The van der Waals surface area contributed by atoms with E-state index in [1.807, 2.05) is 20.8 Å². The zero-order valence-corrected chi connectivity index (χ0v) is 15.2. The van der Waals surface area contributed by atoms with Gasteiger partial charge in [-0.15, -0.1) is 0 Å². The first-order chi connectivity index (χ1) is 12.0. The summed E-state index contributed by atoms with van der Waals surface area (Å²) >= 11 is 0. The molecule has 0 bridgehead atoms. The average molecular weight is 364 g/mol. The molecule has 1 aliphatic heterocycles. The van der Waals surface area contributed by atoms with Gasteiger partial charge in [-0.1, -0.05) is 27.2 Å². The third-order valence-electron chi connectivity index (χ3n) is 6.30. The van der Waals surface area contributed by atoms with Crippen molar-refractivity contribution in [3.63, 3.8) is 0 Å². The van der Waals surface area contributed by atoms with Gasteiger partial charge in [-0.3, -0.25) is 0 Å². The Morgan fingerprint density at radius 2 is 1.96 bits per heavy atom. The number of ether oxygens (including phenoxy) is 2. The molecule has 2 N–H and O–H groups in total. The van der Waals surface area contributed by atoms with Crippen molar-refractivity contribution in [2.24, 2.45) is 16.7 Å². The lowest BCUT2D eigenvalue weighted by atomic mass is 9.46. The molecule has 7 nitrogen and oxygen atoms in total. The standard InChI is InChI=1S/C19H24O7/c1-17(2)7-4-8-18(3)15(17)12(26-14(22)6-5-13(20)21)9-11-10-25-16(23)19(11,18)24/h5-6,9,12,15,24H,4,7-8,10H2,1-3H3,(H,20,21). The normalized spacial score (nSPS) is 38.2. The number of hydrogen-bond acceptors (Lipinski definition) is 6. The monoisotopic (exact) mass is 364 g/mol. The molecule has 2 aliphatic carbocycles. The largest absolute Gasteiger partial charge is 0.478 e. The zero-order chi connectivity index (χ0) is 19.3. The van der Waals surface area contributed by atoms with Crippen LogP contribution in [0.4, 0.5) is 0 Å². The second-order valence-electron chi connectivity index (χ2n) is 8.29.